The zero-order valence-electron chi connectivity index (χ0n) is 11.0. The Morgan fingerprint density at radius 2 is 2.20 bits per heavy atom. The fourth-order valence-electron chi connectivity index (χ4n) is 2.11. The number of rotatable bonds is 3. The Labute approximate surface area is 114 Å². The second kappa shape index (κ2) is 5.13. The summed E-state index contributed by atoms with van der Waals surface area (Å²) >= 11 is 0. The Kier molecular flexibility index (Phi) is 3.53. The molecule has 20 heavy (non-hydrogen) atoms. The minimum absolute atomic E-state index is 0.0394. The number of halogens is 1. The molecule has 0 aliphatic carbocycles. The van der Waals surface area contributed by atoms with E-state index in [1.807, 2.05) is 0 Å². The van der Waals surface area contributed by atoms with E-state index in [4.69, 9.17) is 10.4 Å². The summed E-state index contributed by atoms with van der Waals surface area (Å²) in [5.74, 6) is -1.66. The van der Waals surface area contributed by atoms with Crippen LogP contribution >= 0.6 is 0 Å². The molecule has 2 aromatic rings. The number of hydrogen-bond donors (Lipinski definition) is 1. The first kappa shape index (κ1) is 13.7. The fraction of sp³-hybridized carbons (Fsp3) is 0.214. The van der Waals surface area contributed by atoms with Crippen LogP contribution in [-0.4, -0.2) is 20.9 Å². The summed E-state index contributed by atoms with van der Waals surface area (Å²) in [6.07, 6.45) is 0. The molecule has 102 valence electrons. The second-order valence-corrected chi connectivity index (χ2v) is 4.40. The van der Waals surface area contributed by atoms with E-state index in [9.17, 15) is 9.18 Å². The summed E-state index contributed by atoms with van der Waals surface area (Å²) < 4.78 is 15.4. The summed E-state index contributed by atoms with van der Waals surface area (Å²) in [4.78, 5) is 11.1. The van der Waals surface area contributed by atoms with Crippen LogP contribution in [-0.2, 0) is 6.54 Å². The Balaban J connectivity index is 2.44. The molecule has 0 unspecified atom stereocenters. The van der Waals surface area contributed by atoms with Gasteiger partial charge in [-0.3, -0.25) is 4.68 Å². The lowest BCUT2D eigenvalue weighted by Crippen LogP contribution is -2.08. The number of carbonyl (C=O) groups is 1. The summed E-state index contributed by atoms with van der Waals surface area (Å²) in [5, 5.41) is 22.0. The summed E-state index contributed by atoms with van der Waals surface area (Å²) in [5.41, 5.74) is 1.22. The summed E-state index contributed by atoms with van der Waals surface area (Å²) in [6, 6.07) is 6.30. The topological polar surface area (TPSA) is 78.9 Å². The molecule has 1 aromatic carbocycles. The van der Waals surface area contributed by atoms with Gasteiger partial charge < -0.3 is 5.11 Å². The van der Waals surface area contributed by atoms with Gasteiger partial charge in [-0.2, -0.15) is 10.4 Å². The zero-order chi connectivity index (χ0) is 14.9. The molecule has 1 N–H and O–H groups in total. The first-order valence-electron chi connectivity index (χ1n) is 5.90. The number of carboxylic acid groups (broad SMARTS) is 1. The van der Waals surface area contributed by atoms with Gasteiger partial charge in [0.15, 0.2) is 0 Å². The van der Waals surface area contributed by atoms with Gasteiger partial charge >= 0.3 is 5.97 Å². The van der Waals surface area contributed by atoms with E-state index in [0.29, 0.717) is 17.0 Å². The Hall–Kier alpha value is -2.68. The predicted octanol–water partition coefficient (Wildman–Crippen LogP) is 2.26. The molecule has 0 spiro atoms. The number of aromatic carboxylic acids is 1. The van der Waals surface area contributed by atoms with Gasteiger partial charge in [-0.1, -0.05) is 12.1 Å². The van der Waals surface area contributed by atoms with Crippen LogP contribution < -0.4 is 0 Å². The molecule has 0 atom stereocenters. The Morgan fingerprint density at radius 3 is 2.75 bits per heavy atom. The van der Waals surface area contributed by atoms with Crippen molar-refractivity contribution in [3.63, 3.8) is 0 Å². The zero-order valence-corrected chi connectivity index (χ0v) is 11.0. The van der Waals surface area contributed by atoms with Crippen LogP contribution in [0, 0.1) is 31.0 Å². The molecular weight excluding hydrogens is 261 g/mol. The van der Waals surface area contributed by atoms with Gasteiger partial charge in [-0.15, -0.1) is 0 Å². The van der Waals surface area contributed by atoms with Gasteiger partial charge in [0, 0.05) is 5.56 Å². The van der Waals surface area contributed by atoms with Crippen LogP contribution in [0.3, 0.4) is 0 Å². The maximum atomic E-state index is 14.0. The van der Waals surface area contributed by atoms with Gasteiger partial charge in [-0.25, -0.2) is 9.18 Å². The number of hydrogen-bond acceptors (Lipinski definition) is 3. The van der Waals surface area contributed by atoms with E-state index in [1.165, 1.54) is 10.7 Å². The Bertz CT molecular complexity index is 729. The maximum Gasteiger partial charge on any atom is 0.339 e. The predicted molar refractivity (Wildman–Crippen MR) is 68.9 cm³/mol. The second-order valence-electron chi connectivity index (χ2n) is 4.40. The third kappa shape index (κ3) is 2.26. The molecule has 2 rings (SSSR count). The van der Waals surface area contributed by atoms with Crippen molar-refractivity contribution in [1.29, 1.82) is 5.26 Å². The lowest BCUT2D eigenvalue weighted by molar-refractivity contribution is 0.0695. The highest BCUT2D eigenvalue weighted by atomic mass is 19.1. The number of nitrogens with zero attached hydrogens (tertiary/aromatic N) is 3. The molecule has 1 aromatic heterocycles. The van der Waals surface area contributed by atoms with Crippen LogP contribution in [0.4, 0.5) is 4.39 Å². The molecule has 6 heteroatoms. The molecule has 1 heterocycles. The fourth-order valence-corrected chi connectivity index (χ4v) is 2.11. The van der Waals surface area contributed by atoms with Crippen molar-refractivity contribution in [2.24, 2.45) is 0 Å². The van der Waals surface area contributed by atoms with Crippen LogP contribution in [0.1, 0.15) is 32.9 Å². The smallest absolute Gasteiger partial charge is 0.339 e. The van der Waals surface area contributed by atoms with Crippen LogP contribution in [0.25, 0.3) is 0 Å². The molecule has 0 saturated heterocycles. The minimum atomic E-state index is -1.06. The van der Waals surface area contributed by atoms with Crippen molar-refractivity contribution < 1.29 is 14.3 Å². The van der Waals surface area contributed by atoms with E-state index < -0.39 is 11.8 Å². The van der Waals surface area contributed by atoms with E-state index in [2.05, 4.69) is 5.10 Å². The molecule has 0 aliphatic rings. The highest BCUT2D eigenvalue weighted by Crippen LogP contribution is 2.17. The number of nitriles is 1. The van der Waals surface area contributed by atoms with Crippen LogP contribution in [0.2, 0.25) is 0 Å². The van der Waals surface area contributed by atoms with Gasteiger partial charge in [-0.05, 0) is 19.9 Å². The standard InChI is InChI=1S/C14H12FN3O2/c1-8-12(14(19)20)9(2)18(17-8)7-11-5-3-4-10(6-16)13(11)15/h3-5H,7H2,1-2H3,(H,19,20). The molecule has 0 radical (unpaired) electrons. The average molecular weight is 273 g/mol. The van der Waals surface area contributed by atoms with Gasteiger partial charge in [0.2, 0.25) is 0 Å². The van der Waals surface area contributed by atoms with E-state index in [0.717, 1.165) is 0 Å². The SMILES string of the molecule is Cc1nn(Cc2cccc(C#N)c2F)c(C)c1C(=O)O. The first-order valence-corrected chi connectivity index (χ1v) is 5.90. The highest BCUT2D eigenvalue weighted by Gasteiger charge is 2.18. The van der Waals surface area contributed by atoms with Crippen molar-refractivity contribution in [2.45, 2.75) is 20.4 Å². The monoisotopic (exact) mass is 273 g/mol. The minimum Gasteiger partial charge on any atom is -0.478 e. The van der Waals surface area contributed by atoms with Crippen molar-refractivity contribution in [3.8, 4) is 6.07 Å². The lowest BCUT2D eigenvalue weighted by atomic mass is 10.1. The molecule has 0 aliphatic heterocycles. The maximum absolute atomic E-state index is 14.0. The van der Waals surface area contributed by atoms with Crippen molar-refractivity contribution in [1.82, 2.24) is 9.78 Å². The average Bonchev–Trinajstić information content (AvgIpc) is 2.67. The quantitative estimate of drug-likeness (QED) is 0.930. The lowest BCUT2D eigenvalue weighted by Gasteiger charge is -2.07. The van der Waals surface area contributed by atoms with Crippen molar-refractivity contribution >= 4 is 5.97 Å². The third-order valence-electron chi connectivity index (χ3n) is 3.11. The van der Waals surface area contributed by atoms with Crippen molar-refractivity contribution in [2.75, 3.05) is 0 Å². The largest absolute Gasteiger partial charge is 0.478 e. The molecule has 0 bridgehead atoms. The first-order chi connectivity index (χ1) is 9.45. The molecular formula is C14H12FN3O2. The number of aryl methyl sites for hydroxylation is 1. The van der Waals surface area contributed by atoms with Crippen molar-refractivity contribution in [3.05, 3.63) is 52.1 Å². The number of carboxylic acids is 1. The number of aromatic nitrogens is 2. The molecule has 5 nitrogen and oxygen atoms in total. The van der Waals surface area contributed by atoms with Crippen LogP contribution in [0.5, 0.6) is 0 Å². The molecule has 0 fully saturated rings. The molecule has 0 saturated carbocycles. The highest BCUT2D eigenvalue weighted by molar-refractivity contribution is 5.90. The summed E-state index contributed by atoms with van der Waals surface area (Å²) in [6.45, 7) is 3.30. The third-order valence-corrected chi connectivity index (χ3v) is 3.11. The number of benzene rings is 1. The van der Waals surface area contributed by atoms with E-state index in [-0.39, 0.29) is 17.7 Å². The van der Waals surface area contributed by atoms with Gasteiger partial charge in [0.25, 0.3) is 0 Å². The van der Waals surface area contributed by atoms with Gasteiger partial charge in [0.05, 0.1) is 23.5 Å². The molecule has 0 amide bonds. The van der Waals surface area contributed by atoms with Crippen LogP contribution in [0.15, 0.2) is 18.2 Å². The van der Waals surface area contributed by atoms with Gasteiger partial charge in [0.1, 0.15) is 17.4 Å². The Morgan fingerprint density at radius 1 is 1.50 bits per heavy atom. The normalized spacial score (nSPS) is 10.3. The summed E-state index contributed by atoms with van der Waals surface area (Å²) in [7, 11) is 0. The van der Waals surface area contributed by atoms with E-state index in [1.54, 1.807) is 32.0 Å². The van der Waals surface area contributed by atoms with E-state index >= 15 is 0 Å².